The molecular weight excluding hydrogens is 280 g/mol. The van der Waals surface area contributed by atoms with Gasteiger partial charge in [0.1, 0.15) is 11.4 Å². The van der Waals surface area contributed by atoms with Gasteiger partial charge in [-0.3, -0.25) is 4.79 Å². The fourth-order valence-corrected chi connectivity index (χ4v) is 2.60. The van der Waals surface area contributed by atoms with Crippen LogP contribution >= 0.6 is 0 Å². The van der Waals surface area contributed by atoms with Gasteiger partial charge in [-0.25, -0.2) is 4.68 Å². The van der Waals surface area contributed by atoms with Gasteiger partial charge in [0.25, 0.3) is 5.91 Å². The van der Waals surface area contributed by atoms with E-state index in [1.165, 1.54) is 0 Å². The molecule has 22 heavy (non-hydrogen) atoms. The lowest BCUT2D eigenvalue weighted by Crippen LogP contribution is -2.36. The fourth-order valence-electron chi connectivity index (χ4n) is 2.60. The number of aromatic nitrogens is 2. The normalized spacial score (nSPS) is 17.5. The summed E-state index contributed by atoms with van der Waals surface area (Å²) in [7, 11) is 1.62. The summed E-state index contributed by atoms with van der Waals surface area (Å²) in [5.41, 5.74) is 2.34. The van der Waals surface area contributed by atoms with Crippen LogP contribution in [0.5, 0.6) is 5.75 Å². The molecule has 0 spiro atoms. The minimum atomic E-state index is -0.140. The van der Waals surface area contributed by atoms with Crippen molar-refractivity contribution in [1.29, 1.82) is 0 Å². The molecule has 3 rings (SSSR count). The zero-order valence-electron chi connectivity index (χ0n) is 12.8. The van der Waals surface area contributed by atoms with Crippen LogP contribution in [0, 0.1) is 6.92 Å². The van der Waals surface area contributed by atoms with Gasteiger partial charge in [0, 0.05) is 18.8 Å². The maximum atomic E-state index is 12.2. The third-order valence-electron chi connectivity index (χ3n) is 3.80. The van der Waals surface area contributed by atoms with E-state index >= 15 is 0 Å². The second kappa shape index (κ2) is 6.19. The van der Waals surface area contributed by atoms with Crippen molar-refractivity contribution in [3.8, 4) is 11.4 Å². The largest absolute Gasteiger partial charge is 0.494 e. The monoisotopic (exact) mass is 300 g/mol. The van der Waals surface area contributed by atoms with Gasteiger partial charge in [-0.15, -0.1) is 0 Å². The lowest BCUT2D eigenvalue weighted by Gasteiger charge is -2.10. The molecule has 1 atom stereocenters. The van der Waals surface area contributed by atoms with Crippen molar-refractivity contribution in [2.24, 2.45) is 0 Å². The fraction of sp³-hybridized carbons (Fsp3) is 0.375. The van der Waals surface area contributed by atoms with E-state index in [0.29, 0.717) is 5.69 Å². The Bertz CT molecular complexity index is 675. The number of hydrogen-bond donors (Lipinski definition) is 2. The highest BCUT2D eigenvalue weighted by Crippen LogP contribution is 2.23. The van der Waals surface area contributed by atoms with E-state index in [1.807, 2.05) is 25.1 Å². The molecule has 1 aliphatic rings. The molecule has 2 N–H and O–H groups in total. The van der Waals surface area contributed by atoms with E-state index in [2.05, 4.69) is 15.7 Å². The predicted octanol–water partition coefficient (Wildman–Crippen LogP) is 1.28. The maximum absolute atomic E-state index is 12.2. The molecular formula is C16H20N4O2. The third kappa shape index (κ3) is 2.96. The van der Waals surface area contributed by atoms with E-state index < -0.39 is 0 Å². The Hall–Kier alpha value is -2.34. The summed E-state index contributed by atoms with van der Waals surface area (Å²) in [6.45, 7) is 3.77. The first-order valence-electron chi connectivity index (χ1n) is 7.39. The molecule has 0 bridgehead atoms. The first kappa shape index (κ1) is 14.6. The van der Waals surface area contributed by atoms with Gasteiger partial charge in [-0.2, -0.15) is 5.10 Å². The molecule has 2 heterocycles. The minimum absolute atomic E-state index is 0.140. The van der Waals surface area contributed by atoms with Crippen LogP contribution in [-0.2, 0) is 0 Å². The van der Waals surface area contributed by atoms with Crippen molar-refractivity contribution < 1.29 is 9.53 Å². The lowest BCUT2D eigenvalue weighted by atomic mass is 10.2. The number of ether oxygens (including phenoxy) is 1. The number of nitrogens with one attached hydrogen (secondary N) is 2. The van der Waals surface area contributed by atoms with Gasteiger partial charge < -0.3 is 15.4 Å². The number of amides is 1. The van der Waals surface area contributed by atoms with Gasteiger partial charge >= 0.3 is 0 Å². The summed E-state index contributed by atoms with van der Waals surface area (Å²) in [5.74, 6) is 0.583. The van der Waals surface area contributed by atoms with Crippen molar-refractivity contribution in [1.82, 2.24) is 20.4 Å². The summed E-state index contributed by atoms with van der Waals surface area (Å²) in [4.78, 5) is 12.2. The summed E-state index contributed by atoms with van der Waals surface area (Å²) in [6.07, 6.45) is 2.73. The van der Waals surface area contributed by atoms with Crippen LogP contribution in [-0.4, -0.2) is 41.9 Å². The Balaban J connectivity index is 1.81. The Labute approximate surface area is 129 Å². The molecule has 1 aromatic heterocycles. The van der Waals surface area contributed by atoms with Crippen LogP contribution in [0.15, 0.2) is 30.5 Å². The lowest BCUT2D eigenvalue weighted by molar-refractivity contribution is 0.0934. The molecule has 1 aliphatic heterocycles. The van der Waals surface area contributed by atoms with E-state index in [0.717, 1.165) is 36.5 Å². The number of benzene rings is 1. The third-order valence-corrected chi connectivity index (χ3v) is 3.80. The van der Waals surface area contributed by atoms with Crippen molar-refractivity contribution >= 4 is 5.91 Å². The smallest absolute Gasteiger partial charge is 0.272 e. The first-order chi connectivity index (χ1) is 10.7. The molecule has 0 radical (unpaired) electrons. The van der Waals surface area contributed by atoms with Gasteiger partial charge in [-0.05, 0) is 43.7 Å². The molecule has 0 aliphatic carbocycles. The quantitative estimate of drug-likeness (QED) is 0.892. The SMILES string of the molecule is COc1ccc(C)cc1-n1ccc(C(=O)NC2CCNC2)n1. The maximum Gasteiger partial charge on any atom is 0.272 e. The Kier molecular flexibility index (Phi) is 4.11. The van der Waals surface area contributed by atoms with E-state index in [4.69, 9.17) is 4.74 Å². The molecule has 1 fully saturated rings. The van der Waals surface area contributed by atoms with Gasteiger partial charge in [-0.1, -0.05) is 6.07 Å². The highest BCUT2D eigenvalue weighted by molar-refractivity contribution is 5.92. The van der Waals surface area contributed by atoms with E-state index in [9.17, 15) is 4.79 Å². The van der Waals surface area contributed by atoms with Crippen LogP contribution in [0.2, 0.25) is 0 Å². The minimum Gasteiger partial charge on any atom is -0.494 e. The average molecular weight is 300 g/mol. The molecule has 1 amide bonds. The zero-order chi connectivity index (χ0) is 15.5. The van der Waals surface area contributed by atoms with Crippen molar-refractivity contribution in [3.05, 3.63) is 41.7 Å². The topological polar surface area (TPSA) is 68.2 Å². The average Bonchev–Trinajstić information content (AvgIpc) is 3.18. The van der Waals surface area contributed by atoms with Crippen LogP contribution < -0.4 is 15.4 Å². The van der Waals surface area contributed by atoms with Gasteiger partial charge in [0.15, 0.2) is 5.69 Å². The molecule has 2 aromatic rings. The summed E-state index contributed by atoms with van der Waals surface area (Å²) in [6, 6.07) is 7.77. The summed E-state index contributed by atoms with van der Waals surface area (Å²) in [5, 5.41) is 10.6. The molecule has 6 nitrogen and oxygen atoms in total. The summed E-state index contributed by atoms with van der Waals surface area (Å²) < 4.78 is 7.04. The Morgan fingerprint density at radius 2 is 2.32 bits per heavy atom. The number of aryl methyl sites for hydroxylation is 1. The number of carbonyl (C=O) groups excluding carboxylic acids is 1. The number of hydrogen-bond acceptors (Lipinski definition) is 4. The molecule has 0 saturated carbocycles. The standard InChI is InChI=1S/C16H20N4O2/c1-11-3-4-15(22-2)14(9-11)20-8-6-13(19-20)16(21)18-12-5-7-17-10-12/h3-4,6,8-9,12,17H,5,7,10H2,1-2H3,(H,18,21). The number of rotatable bonds is 4. The second-order valence-corrected chi connectivity index (χ2v) is 5.48. The van der Waals surface area contributed by atoms with Crippen LogP contribution in [0.25, 0.3) is 5.69 Å². The first-order valence-corrected chi connectivity index (χ1v) is 7.39. The zero-order valence-corrected chi connectivity index (χ0v) is 12.8. The summed E-state index contributed by atoms with van der Waals surface area (Å²) >= 11 is 0. The Morgan fingerprint density at radius 3 is 3.05 bits per heavy atom. The second-order valence-electron chi connectivity index (χ2n) is 5.48. The number of carbonyl (C=O) groups is 1. The molecule has 1 unspecified atom stereocenters. The molecule has 1 saturated heterocycles. The van der Waals surface area contributed by atoms with Gasteiger partial charge in [0.2, 0.25) is 0 Å². The van der Waals surface area contributed by atoms with Crippen molar-refractivity contribution in [3.63, 3.8) is 0 Å². The van der Waals surface area contributed by atoms with E-state index in [1.54, 1.807) is 24.1 Å². The van der Waals surface area contributed by atoms with Crippen molar-refractivity contribution in [2.45, 2.75) is 19.4 Å². The number of methoxy groups -OCH3 is 1. The van der Waals surface area contributed by atoms with Crippen LogP contribution in [0.3, 0.4) is 0 Å². The van der Waals surface area contributed by atoms with Gasteiger partial charge in [0.05, 0.1) is 7.11 Å². The predicted molar refractivity (Wildman–Crippen MR) is 83.6 cm³/mol. The van der Waals surface area contributed by atoms with Crippen molar-refractivity contribution in [2.75, 3.05) is 20.2 Å². The Morgan fingerprint density at radius 1 is 1.45 bits per heavy atom. The number of nitrogens with zero attached hydrogens (tertiary/aromatic N) is 2. The van der Waals surface area contributed by atoms with E-state index in [-0.39, 0.29) is 11.9 Å². The molecule has 1 aromatic carbocycles. The van der Waals surface area contributed by atoms with Crippen LogP contribution in [0.4, 0.5) is 0 Å². The van der Waals surface area contributed by atoms with Crippen LogP contribution in [0.1, 0.15) is 22.5 Å². The molecule has 6 heteroatoms. The highest BCUT2D eigenvalue weighted by Gasteiger charge is 2.19. The highest BCUT2D eigenvalue weighted by atomic mass is 16.5. The molecule has 116 valence electrons.